The molecule has 2 rings (SSSR count). The lowest BCUT2D eigenvalue weighted by atomic mass is 9.87. The summed E-state index contributed by atoms with van der Waals surface area (Å²) in [5, 5.41) is 3.88. The largest absolute Gasteiger partial charge is 0.310 e. The molecule has 1 saturated carbocycles. The van der Waals surface area contributed by atoms with Gasteiger partial charge in [0.25, 0.3) is 0 Å². The van der Waals surface area contributed by atoms with E-state index in [2.05, 4.69) is 31.0 Å². The molecule has 94 valence electrons. The van der Waals surface area contributed by atoms with Gasteiger partial charge in [-0.1, -0.05) is 6.92 Å². The molecular weight excluding hydrogens is 196 g/mol. The molecule has 1 aliphatic heterocycles. The Morgan fingerprint density at radius 1 is 1.00 bits per heavy atom. The third-order valence-electron chi connectivity index (χ3n) is 4.44. The summed E-state index contributed by atoms with van der Waals surface area (Å²) in [7, 11) is 0. The molecule has 1 heterocycles. The van der Waals surface area contributed by atoms with Gasteiger partial charge in [0.15, 0.2) is 0 Å². The average Bonchev–Trinajstić information content (AvgIpc) is 2.70. The van der Waals surface area contributed by atoms with Gasteiger partial charge in [-0.05, 0) is 58.4 Å². The first-order valence-corrected chi connectivity index (χ1v) is 7.15. The van der Waals surface area contributed by atoms with Gasteiger partial charge in [-0.15, -0.1) is 0 Å². The molecule has 1 aliphatic carbocycles. The lowest BCUT2D eigenvalue weighted by Gasteiger charge is -2.30. The molecule has 0 spiro atoms. The molecule has 0 bridgehead atoms. The number of nitrogens with one attached hydrogen (secondary N) is 1. The first-order valence-electron chi connectivity index (χ1n) is 7.15. The summed E-state index contributed by atoms with van der Waals surface area (Å²) >= 11 is 0. The maximum Gasteiger partial charge on any atom is 0.0209 e. The fraction of sp³-hybridized carbons (Fsp3) is 1.00. The van der Waals surface area contributed by atoms with Crippen LogP contribution in [0.1, 0.15) is 52.9 Å². The highest BCUT2D eigenvalue weighted by Gasteiger charge is 2.27. The molecule has 2 fully saturated rings. The zero-order chi connectivity index (χ0) is 11.5. The van der Waals surface area contributed by atoms with Crippen LogP contribution in [0.15, 0.2) is 0 Å². The maximum atomic E-state index is 3.88. The van der Waals surface area contributed by atoms with Crippen molar-refractivity contribution in [3.8, 4) is 0 Å². The van der Waals surface area contributed by atoms with Crippen LogP contribution in [0.5, 0.6) is 0 Å². The van der Waals surface area contributed by atoms with Crippen LogP contribution in [0.25, 0.3) is 0 Å². The lowest BCUT2D eigenvalue weighted by Crippen LogP contribution is -2.42. The number of likely N-dealkylation sites (tertiary alicyclic amines) is 1. The summed E-state index contributed by atoms with van der Waals surface area (Å²) in [5.41, 5.74) is 0. The zero-order valence-electron chi connectivity index (χ0n) is 11.2. The van der Waals surface area contributed by atoms with Crippen LogP contribution in [-0.4, -0.2) is 36.1 Å². The first-order chi connectivity index (χ1) is 7.65. The molecule has 2 nitrogen and oxygen atoms in total. The second-order valence-electron chi connectivity index (χ2n) is 6.20. The van der Waals surface area contributed by atoms with Gasteiger partial charge in [-0.3, -0.25) is 4.90 Å². The molecule has 2 heteroatoms. The molecule has 1 atom stereocenters. The predicted molar refractivity (Wildman–Crippen MR) is 69.7 cm³/mol. The highest BCUT2D eigenvalue weighted by Crippen LogP contribution is 2.24. The van der Waals surface area contributed by atoms with Crippen molar-refractivity contribution >= 4 is 0 Å². The summed E-state index contributed by atoms with van der Waals surface area (Å²) < 4.78 is 0. The van der Waals surface area contributed by atoms with Crippen molar-refractivity contribution in [1.82, 2.24) is 10.2 Å². The second kappa shape index (κ2) is 5.50. The van der Waals surface area contributed by atoms with Crippen molar-refractivity contribution < 1.29 is 0 Å². The smallest absolute Gasteiger partial charge is 0.0209 e. The Hall–Kier alpha value is -0.0800. The molecule has 0 aromatic heterocycles. The number of hydrogen-bond donors (Lipinski definition) is 1. The van der Waals surface area contributed by atoms with E-state index in [1.54, 1.807) is 0 Å². The van der Waals surface area contributed by atoms with E-state index in [1.165, 1.54) is 45.2 Å². The van der Waals surface area contributed by atoms with E-state index in [1.807, 2.05) is 0 Å². The SMILES string of the molecule is CC1CCC(NC2CCN(C(C)C)C2)CC1. The van der Waals surface area contributed by atoms with Crippen molar-refractivity contribution in [1.29, 1.82) is 0 Å². The summed E-state index contributed by atoms with van der Waals surface area (Å²) in [5.74, 6) is 0.966. The minimum absolute atomic E-state index is 0.721. The normalized spacial score (nSPS) is 37.1. The van der Waals surface area contributed by atoms with Crippen molar-refractivity contribution in [2.75, 3.05) is 13.1 Å². The van der Waals surface area contributed by atoms with E-state index in [0.29, 0.717) is 0 Å². The topological polar surface area (TPSA) is 15.3 Å². The van der Waals surface area contributed by atoms with E-state index in [0.717, 1.165) is 24.0 Å². The van der Waals surface area contributed by atoms with Crippen molar-refractivity contribution in [2.24, 2.45) is 5.92 Å². The molecule has 1 N–H and O–H groups in total. The number of rotatable bonds is 3. The van der Waals surface area contributed by atoms with Crippen LogP contribution in [0, 0.1) is 5.92 Å². The Labute approximate surface area is 101 Å². The molecule has 1 saturated heterocycles. The third-order valence-corrected chi connectivity index (χ3v) is 4.44. The van der Waals surface area contributed by atoms with Crippen LogP contribution in [0.3, 0.4) is 0 Å². The molecule has 0 radical (unpaired) electrons. The van der Waals surface area contributed by atoms with Gasteiger partial charge in [0, 0.05) is 24.7 Å². The van der Waals surface area contributed by atoms with Gasteiger partial charge in [0.1, 0.15) is 0 Å². The van der Waals surface area contributed by atoms with Gasteiger partial charge < -0.3 is 5.32 Å². The minimum Gasteiger partial charge on any atom is -0.310 e. The molecule has 1 unspecified atom stereocenters. The van der Waals surface area contributed by atoms with Crippen LogP contribution in [-0.2, 0) is 0 Å². The Kier molecular flexibility index (Phi) is 4.26. The Morgan fingerprint density at radius 3 is 2.25 bits per heavy atom. The zero-order valence-corrected chi connectivity index (χ0v) is 11.2. The van der Waals surface area contributed by atoms with E-state index in [9.17, 15) is 0 Å². The van der Waals surface area contributed by atoms with E-state index in [4.69, 9.17) is 0 Å². The van der Waals surface area contributed by atoms with Crippen LogP contribution in [0.4, 0.5) is 0 Å². The summed E-state index contributed by atoms with van der Waals surface area (Å²) in [6.07, 6.45) is 7.01. The van der Waals surface area contributed by atoms with Gasteiger partial charge >= 0.3 is 0 Å². The maximum absolute atomic E-state index is 3.88. The van der Waals surface area contributed by atoms with Gasteiger partial charge in [0.05, 0.1) is 0 Å². The van der Waals surface area contributed by atoms with Crippen LogP contribution >= 0.6 is 0 Å². The van der Waals surface area contributed by atoms with E-state index >= 15 is 0 Å². The Bertz CT molecular complexity index is 207. The first kappa shape index (κ1) is 12.4. The fourth-order valence-corrected chi connectivity index (χ4v) is 3.15. The molecule has 0 aromatic rings. The van der Waals surface area contributed by atoms with Crippen LogP contribution in [0.2, 0.25) is 0 Å². The summed E-state index contributed by atoms with van der Waals surface area (Å²) in [6, 6.07) is 2.30. The second-order valence-corrected chi connectivity index (χ2v) is 6.20. The quantitative estimate of drug-likeness (QED) is 0.793. The number of hydrogen-bond acceptors (Lipinski definition) is 2. The predicted octanol–water partition coefficient (Wildman–Crippen LogP) is 2.64. The fourth-order valence-electron chi connectivity index (χ4n) is 3.15. The molecule has 0 amide bonds. The third kappa shape index (κ3) is 3.21. The highest BCUT2D eigenvalue weighted by molar-refractivity contribution is 4.86. The van der Waals surface area contributed by atoms with Crippen molar-refractivity contribution in [3.63, 3.8) is 0 Å². The molecule has 16 heavy (non-hydrogen) atoms. The van der Waals surface area contributed by atoms with Gasteiger partial charge in [-0.25, -0.2) is 0 Å². The van der Waals surface area contributed by atoms with Gasteiger partial charge in [0.2, 0.25) is 0 Å². The number of nitrogens with zero attached hydrogens (tertiary/aromatic N) is 1. The minimum atomic E-state index is 0.721. The average molecular weight is 224 g/mol. The molecular formula is C14H28N2. The van der Waals surface area contributed by atoms with Crippen molar-refractivity contribution in [2.45, 2.75) is 71.0 Å². The highest BCUT2D eigenvalue weighted by atomic mass is 15.2. The lowest BCUT2D eigenvalue weighted by molar-refractivity contribution is 0.252. The van der Waals surface area contributed by atoms with Crippen molar-refractivity contribution in [3.05, 3.63) is 0 Å². The Morgan fingerprint density at radius 2 is 1.69 bits per heavy atom. The summed E-state index contributed by atoms with van der Waals surface area (Å²) in [6.45, 7) is 9.57. The standard InChI is InChI=1S/C14H28N2/c1-11(2)16-9-8-14(10-16)15-13-6-4-12(3)5-7-13/h11-15H,4-10H2,1-3H3. The van der Waals surface area contributed by atoms with Crippen LogP contribution < -0.4 is 5.32 Å². The summed E-state index contributed by atoms with van der Waals surface area (Å²) in [4.78, 5) is 2.60. The van der Waals surface area contributed by atoms with E-state index < -0.39 is 0 Å². The van der Waals surface area contributed by atoms with E-state index in [-0.39, 0.29) is 0 Å². The molecule has 2 aliphatic rings. The Balaban J connectivity index is 1.71. The van der Waals surface area contributed by atoms with Gasteiger partial charge in [-0.2, -0.15) is 0 Å². The molecule has 0 aromatic carbocycles. The monoisotopic (exact) mass is 224 g/mol.